The highest BCUT2D eigenvalue weighted by Gasteiger charge is 2.36. The first-order valence-electron chi connectivity index (χ1n) is 5.14. The Balaban J connectivity index is 1.92. The van der Waals surface area contributed by atoms with Crippen LogP contribution in [0.15, 0.2) is 12.1 Å². The Kier molecular flexibility index (Phi) is 2.52. The number of aromatic amines is 1. The van der Waals surface area contributed by atoms with Gasteiger partial charge < -0.3 is 15.0 Å². The second-order valence-corrected chi connectivity index (χ2v) is 4.30. The SMILES string of the molecule is COC(=O)c1ccc(CNC2(C)CC2)[nH]1. The predicted octanol–water partition coefficient (Wildman–Crippen LogP) is 1.44. The van der Waals surface area contributed by atoms with E-state index in [2.05, 4.69) is 22.0 Å². The molecule has 0 atom stereocenters. The van der Waals surface area contributed by atoms with E-state index in [4.69, 9.17) is 0 Å². The van der Waals surface area contributed by atoms with Crippen LogP contribution < -0.4 is 5.32 Å². The van der Waals surface area contributed by atoms with Gasteiger partial charge in [0, 0.05) is 17.8 Å². The summed E-state index contributed by atoms with van der Waals surface area (Å²) in [5.74, 6) is -0.320. The van der Waals surface area contributed by atoms with E-state index in [-0.39, 0.29) is 5.97 Å². The van der Waals surface area contributed by atoms with Crippen LogP contribution in [0.5, 0.6) is 0 Å². The lowest BCUT2D eigenvalue weighted by Gasteiger charge is -2.09. The van der Waals surface area contributed by atoms with Crippen LogP contribution in [-0.4, -0.2) is 23.6 Å². The van der Waals surface area contributed by atoms with Gasteiger partial charge >= 0.3 is 5.97 Å². The van der Waals surface area contributed by atoms with E-state index in [9.17, 15) is 4.79 Å². The number of H-pyrrole nitrogens is 1. The molecule has 0 bridgehead atoms. The Hall–Kier alpha value is -1.29. The summed E-state index contributed by atoms with van der Waals surface area (Å²) in [5, 5.41) is 3.44. The minimum Gasteiger partial charge on any atom is -0.464 e. The van der Waals surface area contributed by atoms with Crippen molar-refractivity contribution in [2.24, 2.45) is 0 Å². The Bertz CT molecular complexity index is 366. The summed E-state index contributed by atoms with van der Waals surface area (Å²) in [7, 11) is 1.38. The molecule has 0 saturated heterocycles. The summed E-state index contributed by atoms with van der Waals surface area (Å²) in [6.07, 6.45) is 2.47. The molecule has 2 rings (SSSR count). The first kappa shape index (κ1) is 10.2. The van der Waals surface area contributed by atoms with Crippen molar-refractivity contribution in [1.82, 2.24) is 10.3 Å². The summed E-state index contributed by atoms with van der Waals surface area (Å²) in [5.41, 5.74) is 1.84. The van der Waals surface area contributed by atoms with Gasteiger partial charge in [-0.15, -0.1) is 0 Å². The number of nitrogens with one attached hydrogen (secondary N) is 2. The minimum absolute atomic E-state index is 0.316. The number of ether oxygens (including phenoxy) is 1. The van der Waals surface area contributed by atoms with Crippen LogP contribution in [0, 0.1) is 0 Å². The first-order valence-corrected chi connectivity index (χ1v) is 5.14. The number of aromatic nitrogens is 1. The van der Waals surface area contributed by atoms with Gasteiger partial charge in [0.1, 0.15) is 5.69 Å². The quantitative estimate of drug-likeness (QED) is 0.736. The summed E-state index contributed by atoms with van der Waals surface area (Å²) >= 11 is 0. The normalized spacial score (nSPS) is 17.5. The van der Waals surface area contributed by atoms with E-state index < -0.39 is 0 Å². The van der Waals surface area contributed by atoms with Gasteiger partial charge in [-0.25, -0.2) is 4.79 Å². The van der Waals surface area contributed by atoms with E-state index in [1.165, 1.54) is 20.0 Å². The van der Waals surface area contributed by atoms with E-state index in [0.29, 0.717) is 11.2 Å². The van der Waals surface area contributed by atoms with Crippen LogP contribution in [0.25, 0.3) is 0 Å². The zero-order valence-electron chi connectivity index (χ0n) is 9.09. The third-order valence-electron chi connectivity index (χ3n) is 2.86. The maximum atomic E-state index is 11.2. The Morgan fingerprint density at radius 3 is 2.93 bits per heavy atom. The number of rotatable bonds is 4. The van der Waals surface area contributed by atoms with Gasteiger partial charge in [-0.1, -0.05) is 0 Å². The molecule has 1 aliphatic rings. The summed E-state index contributed by atoms with van der Waals surface area (Å²) in [6.45, 7) is 2.98. The first-order chi connectivity index (χ1) is 7.13. The molecule has 4 heteroatoms. The third kappa shape index (κ3) is 2.39. The van der Waals surface area contributed by atoms with Crippen molar-refractivity contribution < 1.29 is 9.53 Å². The Morgan fingerprint density at radius 1 is 1.60 bits per heavy atom. The lowest BCUT2D eigenvalue weighted by Crippen LogP contribution is -2.27. The molecule has 0 aliphatic heterocycles. The fourth-order valence-corrected chi connectivity index (χ4v) is 1.45. The van der Waals surface area contributed by atoms with Gasteiger partial charge in [0.2, 0.25) is 0 Å². The molecule has 2 N–H and O–H groups in total. The number of hydrogen-bond donors (Lipinski definition) is 2. The molecular weight excluding hydrogens is 192 g/mol. The third-order valence-corrected chi connectivity index (χ3v) is 2.86. The number of carbonyl (C=O) groups excluding carboxylic acids is 1. The smallest absolute Gasteiger partial charge is 0.354 e. The van der Waals surface area contributed by atoms with Crippen molar-refractivity contribution in [3.63, 3.8) is 0 Å². The predicted molar refractivity (Wildman–Crippen MR) is 56.6 cm³/mol. The molecule has 1 aromatic heterocycles. The maximum Gasteiger partial charge on any atom is 0.354 e. The van der Waals surface area contributed by atoms with Gasteiger partial charge in [-0.2, -0.15) is 0 Å². The zero-order chi connectivity index (χ0) is 10.9. The largest absolute Gasteiger partial charge is 0.464 e. The zero-order valence-corrected chi connectivity index (χ0v) is 9.09. The monoisotopic (exact) mass is 208 g/mol. The van der Waals surface area contributed by atoms with Crippen LogP contribution in [0.2, 0.25) is 0 Å². The number of carbonyl (C=O) groups is 1. The molecule has 4 nitrogen and oxygen atoms in total. The highest BCUT2D eigenvalue weighted by atomic mass is 16.5. The fraction of sp³-hybridized carbons (Fsp3) is 0.545. The van der Waals surface area contributed by atoms with Crippen molar-refractivity contribution in [3.05, 3.63) is 23.5 Å². The summed E-state index contributed by atoms with van der Waals surface area (Å²) < 4.78 is 4.62. The summed E-state index contributed by atoms with van der Waals surface area (Å²) in [4.78, 5) is 14.2. The van der Waals surface area contributed by atoms with Gasteiger partial charge in [-0.3, -0.25) is 0 Å². The van der Waals surface area contributed by atoms with Crippen molar-refractivity contribution >= 4 is 5.97 Å². The van der Waals surface area contributed by atoms with Crippen LogP contribution in [0.3, 0.4) is 0 Å². The van der Waals surface area contributed by atoms with Crippen molar-refractivity contribution in [1.29, 1.82) is 0 Å². The molecule has 82 valence electrons. The minimum atomic E-state index is -0.320. The average Bonchev–Trinajstić information content (AvgIpc) is 2.81. The highest BCUT2D eigenvalue weighted by Crippen LogP contribution is 2.34. The van der Waals surface area contributed by atoms with E-state index in [0.717, 1.165) is 12.2 Å². The molecule has 1 fully saturated rings. The molecule has 1 saturated carbocycles. The van der Waals surface area contributed by atoms with Gasteiger partial charge in [-0.05, 0) is 31.9 Å². The van der Waals surface area contributed by atoms with Crippen molar-refractivity contribution in [2.75, 3.05) is 7.11 Å². The Labute approximate surface area is 89.0 Å². The lowest BCUT2D eigenvalue weighted by molar-refractivity contribution is 0.0594. The molecule has 15 heavy (non-hydrogen) atoms. The van der Waals surface area contributed by atoms with Gasteiger partial charge in [0.25, 0.3) is 0 Å². The van der Waals surface area contributed by atoms with Crippen LogP contribution in [-0.2, 0) is 11.3 Å². The molecule has 1 heterocycles. The topological polar surface area (TPSA) is 54.1 Å². The van der Waals surface area contributed by atoms with Crippen LogP contribution in [0.1, 0.15) is 35.9 Å². The molecule has 0 radical (unpaired) electrons. The second kappa shape index (κ2) is 3.70. The molecule has 0 amide bonds. The van der Waals surface area contributed by atoms with E-state index in [1.807, 2.05) is 6.07 Å². The lowest BCUT2D eigenvalue weighted by atomic mass is 10.3. The van der Waals surface area contributed by atoms with Crippen LogP contribution >= 0.6 is 0 Å². The summed E-state index contributed by atoms with van der Waals surface area (Å²) in [6, 6.07) is 3.66. The molecule has 0 aromatic carbocycles. The average molecular weight is 208 g/mol. The molecule has 1 aromatic rings. The van der Waals surface area contributed by atoms with Crippen molar-refractivity contribution in [2.45, 2.75) is 31.8 Å². The number of methoxy groups -OCH3 is 1. The standard InChI is InChI=1S/C11H16N2O2/c1-11(5-6-11)12-7-8-3-4-9(13-8)10(14)15-2/h3-4,12-13H,5-7H2,1-2H3. The van der Waals surface area contributed by atoms with Gasteiger partial charge in [0.15, 0.2) is 0 Å². The van der Waals surface area contributed by atoms with E-state index in [1.54, 1.807) is 6.07 Å². The molecule has 1 aliphatic carbocycles. The maximum absolute atomic E-state index is 11.2. The van der Waals surface area contributed by atoms with Gasteiger partial charge in [0.05, 0.1) is 7.11 Å². The van der Waals surface area contributed by atoms with Crippen LogP contribution in [0.4, 0.5) is 0 Å². The molecular formula is C11H16N2O2. The Morgan fingerprint density at radius 2 is 2.33 bits per heavy atom. The fourth-order valence-electron chi connectivity index (χ4n) is 1.45. The highest BCUT2D eigenvalue weighted by molar-refractivity contribution is 5.87. The van der Waals surface area contributed by atoms with Crippen molar-refractivity contribution in [3.8, 4) is 0 Å². The number of esters is 1. The molecule has 0 spiro atoms. The number of hydrogen-bond acceptors (Lipinski definition) is 3. The van der Waals surface area contributed by atoms with E-state index >= 15 is 0 Å². The molecule has 0 unspecified atom stereocenters. The second-order valence-electron chi connectivity index (χ2n) is 4.30.